The fourth-order valence-electron chi connectivity index (χ4n) is 3.00. The minimum atomic E-state index is -1.13. The zero-order valence-electron chi connectivity index (χ0n) is 17.5. The van der Waals surface area contributed by atoms with Crippen molar-refractivity contribution in [3.8, 4) is 23.1 Å². The molecule has 3 rings (SSSR count). The number of hydrogen-bond acceptors (Lipinski definition) is 7. The number of hydrogen-bond donors (Lipinski definition) is 3. The third kappa shape index (κ3) is 5.48. The van der Waals surface area contributed by atoms with Crippen LogP contribution in [0.1, 0.15) is 28.8 Å². The lowest BCUT2D eigenvalue weighted by Gasteiger charge is -2.19. The predicted octanol–water partition coefficient (Wildman–Crippen LogP) is 2.80. The molecule has 0 spiro atoms. The van der Waals surface area contributed by atoms with Crippen molar-refractivity contribution in [2.45, 2.75) is 12.8 Å². The molecule has 33 heavy (non-hydrogen) atoms. The number of amides is 2. The van der Waals surface area contributed by atoms with Gasteiger partial charge in [-0.2, -0.15) is 10.2 Å². The molecule has 2 aromatic carbocycles. The number of aliphatic carboxylic acids is 1. The van der Waals surface area contributed by atoms with E-state index in [-0.39, 0.29) is 24.4 Å². The van der Waals surface area contributed by atoms with Crippen LogP contribution < -0.4 is 10.2 Å². The standard InChI is InChI=1S/C23H19N5O5/c1-28(16-7-4-6-14(11-16)17-8-3-2-5-15(17)12-24)22(33)18-13-25-23(27-21(18)32)26-19(29)9-10-20(30)31/h2-8,11,13H,9-10H2,1H3,(H,30,31)(H2,25,26,27,29,32). The molecule has 10 heteroatoms. The summed E-state index contributed by atoms with van der Waals surface area (Å²) >= 11 is 0. The maximum absolute atomic E-state index is 12.9. The van der Waals surface area contributed by atoms with E-state index in [1.165, 1.54) is 11.9 Å². The van der Waals surface area contributed by atoms with Crippen LogP contribution in [0.3, 0.4) is 0 Å². The molecule has 1 aromatic heterocycles. The summed E-state index contributed by atoms with van der Waals surface area (Å²) in [5.74, 6) is -3.25. The molecule has 0 aliphatic carbocycles. The smallest absolute Gasteiger partial charge is 0.303 e. The second-order valence-corrected chi connectivity index (χ2v) is 6.94. The van der Waals surface area contributed by atoms with E-state index >= 15 is 0 Å². The second-order valence-electron chi connectivity index (χ2n) is 6.94. The minimum absolute atomic E-state index is 0.191. The van der Waals surface area contributed by atoms with Gasteiger partial charge in [0, 0.05) is 25.4 Å². The number of carbonyl (C=O) groups is 3. The Morgan fingerprint density at radius 2 is 1.88 bits per heavy atom. The molecule has 3 aromatic rings. The summed E-state index contributed by atoms with van der Waals surface area (Å²) in [7, 11) is 1.51. The third-order valence-corrected chi connectivity index (χ3v) is 4.71. The van der Waals surface area contributed by atoms with Crippen molar-refractivity contribution in [2.75, 3.05) is 17.3 Å². The number of aromatic hydroxyl groups is 1. The van der Waals surface area contributed by atoms with Gasteiger partial charge in [0.1, 0.15) is 5.56 Å². The van der Waals surface area contributed by atoms with Crippen LogP contribution in [0.2, 0.25) is 0 Å². The summed E-state index contributed by atoms with van der Waals surface area (Å²) in [4.78, 5) is 44.0. The van der Waals surface area contributed by atoms with Crippen molar-refractivity contribution in [1.29, 1.82) is 5.26 Å². The first-order valence-electron chi connectivity index (χ1n) is 9.75. The molecule has 166 valence electrons. The summed E-state index contributed by atoms with van der Waals surface area (Å²) in [6.07, 6.45) is 0.425. The van der Waals surface area contributed by atoms with Gasteiger partial charge in [0.25, 0.3) is 5.91 Å². The Hall–Kier alpha value is -4.78. The topological polar surface area (TPSA) is 157 Å². The Kier molecular flexibility index (Phi) is 6.95. The lowest BCUT2D eigenvalue weighted by molar-refractivity contribution is -0.138. The fourth-order valence-corrected chi connectivity index (χ4v) is 3.00. The Morgan fingerprint density at radius 1 is 1.12 bits per heavy atom. The van der Waals surface area contributed by atoms with Crippen LogP contribution in [-0.2, 0) is 9.59 Å². The van der Waals surface area contributed by atoms with Crippen LogP contribution in [0.4, 0.5) is 11.6 Å². The number of carboxylic acid groups (broad SMARTS) is 1. The molecule has 0 saturated carbocycles. The van der Waals surface area contributed by atoms with E-state index in [2.05, 4.69) is 21.4 Å². The summed E-state index contributed by atoms with van der Waals surface area (Å²) in [5.41, 5.74) is 2.27. The van der Waals surface area contributed by atoms with Gasteiger partial charge in [-0.25, -0.2) is 4.98 Å². The SMILES string of the molecule is CN(C(=O)c1cnc(NC(=O)CCC(=O)O)nc1O)c1cccc(-c2ccccc2C#N)c1. The molecule has 0 fully saturated rings. The fraction of sp³-hybridized carbons (Fsp3) is 0.130. The summed E-state index contributed by atoms with van der Waals surface area (Å²) in [5, 5.41) is 30.4. The average Bonchev–Trinajstić information content (AvgIpc) is 2.82. The zero-order chi connectivity index (χ0) is 24.0. The number of carbonyl (C=O) groups excluding carboxylic acids is 2. The van der Waals surface area contributed by atoms with E-state index in [1.807, 2.05) is 18.2 Å². The van der Waals surface area contributed by atoms with Crippen LogP contribution >= 0.6 is 0 Å². The summed E-state index contributed by atoms with van der Waals surface area (Å²) in [6.45, 7) is 0. The average molecular weight is 445 g/mol. The van der Waals surface area contributed by atoms with Crippen molar-refractivity contribution in [2.24, 2.45) is 0 Å². The molecule has 0 bridgehead atoms. The molecule has 2 amide bonds. The maximum Gasteiger partial charge on any atom is 0.303 e. The number of nitrogens with zero attached hydrogens (tertiary/aromatic N) is 4. The number of benzene rings is 2. The molecule has 0 atom stereocenters. The number of rotatable bonds is 7. The number of nitriles is 1. The second kappa shape index (κ2) is 10.0. The van der Waals surface area contributed by atoms with Crippen LogP contribution in [0.25, 0.3) is 11.1 Å². The van der Waals surface area contributed by atoms with Gasteiger partial charge >= 0.3 is 5.97 Å². The first-order chi connectivity index (χ1) is 15.8. The monoisotopic (exact) mass is 445 g/mol. The molecular weight excluding hydrogens is 426 g/mol. The highest BCUT2D eigenvalue weighted by atomic mass is 16.4. The maximum atomic E-state index is 12.9. The van der Waals surface area contributed by atoms with E-state index in [0.717, 1.165) is 17.3 Å². The number of anilines is 2. The number of carboxylic acids is 1. The van der Waals surface area contributed by atoms with Gasteiger partial charge in [-0.15, -0.1) is 0 Å². The van der Waals surface area contributed by atoms with E-state index in [1.54, 1.807) is 30.3 Å². The summed E-state index contributed by atoms with van der Waals surface area (Å²) in [6, 6.07) is 16.2. The Bertz CT molecular complexity index is 1270. The van der Waals surface area contributed by atoms with Crippen LogP contribution in [0.15, 0.2) is 54.7 Å². The molecule has 3 N–H and O–H groups in total. The Labute approximate surface area is 188 Å². The molecule has 1 heterocycles. The molecule has 0 saturated heterocycles. The molecule has 0 unspecified atom stereocenters. The van der Waals surface area contributed by atoms with Crippen LogP contribution in [0.5, 0.6) is 5.88 Å². The van der Waals surface area contributed by atoms with Gasteiger partial charge in [0.05, 0.1) is 18.1 Å². The van der Waals surface area contributed by atoms with E-state index in [9.17, 15) is 24.8 Å². The van der Waals surface area contributed by atoms with Crippen molar-refractivity contribution in [3.05, 3.63) is 65.9 Å². The normalized spacial score (nSPS) is 10.2. The lowest BCUT2D eigenvalue weighted by atomic mass is 10.00. The van der Waals surface area contributed by atoms with Gasteiger partial charge in [-0.1, -0.05) is 30.3 Å². The van der Waals surface area contributed by atoms with Gasteiger partial charge in [-0.3, -0.25) is 19.7 Å². The Balaban J connectivity index is 1.79. The molecule has 0 radical (unpaired) electrons. The third-order valence-electron chi connectivity index (χ3n) is 4.71. The van der Waals surface area contributed by atoms with Gasteiger partial charge in [0.15, 0.2) is 0 Å². The molecular formula is C23H19N5O5. The van der Waals surface area contributed by atoms with E-state index in [4.69, 9.17) is 5.11 Å². The molecule has 0 aliphatic rings. The van der Waals surface area contributed by atoms with Gasteiger partial charge in [0.2, 0.25) is 17.7 Å². The number of aromatic nitrogens is 2. The minimum Gasteiger partial charge on any atom is -0.493 e. The van der Waals surface area contributed by atoms with Crippen LogP contribution in [0, 0.1) is 11.3 Å². The molecule has 0 aliphatic heterocycles. The van der Waals surface area contributed by atoms with Crippen molar-refractivity contribution >= 4 is 29.4 Å². The van der Waals surface area contributed by atoms with Crippen LogP contribution in [-0.4, -0.2) is 45.0 Å². The highest BCUT2D eigenvalue weighted by molar-refractivity contribution is 6.07. The van der Waals surface area contributed by atoms with Gasteiger partial charge < -0.3 is 15.1 Å². The lowest BCUT2D eigenvalue weighted by Crippen LogP contribution is -2.27. The van der Waals surface area contributed by atoms with E-state index < -0.39 is 23.7 Å². The number of nitrogens with one attached hydrogen (secondary N) is 1. The zero-order valence-corrected chi connectivity index (χ0v) is 17.5. The van der Waals surface area contributed by atoms with Gasteiger partial charge in [-0.05, 0) is 29.3 Å². The van der Waals surface area contributed by atoms with Crippen molar-refractivity contribution in [3.63, 3.8) is 0 Å². The van der Waals surface area contributed by atoms with Crippen molar-refractivity contribution in [1.82, 2.24) is 9.97 Å². The largest absolute Gasteiger partial charge is 0.493 e. The predicted molar refractivity (Wildman–Crippen MR) is 119 cm³/mol. The molecule has 10 nitrogen and oxygen atoms in total. The highest BCUT2D eigenvalue weighted by Gasteiger charge is 2.20. The highest BCUT2D eigenvalue weighted by Crippen LogP contribution is 2.28. The van der Waals surface area contributed by atoms with E-state index in [0.29, 0.717) is 11.3 Å². The van der Waals surface area contributed by atoms with Crippen molar-refractivity contribution < 1.29 is 24.6 Å². The summed E-state index contributed by atoms with van der Waals surface area (Å²) < 4.78 is 0. The quantitative estimate of drug-likeness (QED) is 0.501. The first-order valence-corrected chi connectivity index (χ1v) is 9.75. The Morgan fingerprint density at radius 3 is 2.58 bits per heavy atom. The first kappa shape index (κ1) is 22.9.